The SMILES string of the molecule is CCNC(=O)Nc1ccc(/C=C/c2ccc(NC(C)=O)cc2S(=O)(=O)O)c(S(=O)(=O)O)c1.[Na+]. The zero-order valence-corrected chi connectivity index (χ0v) is 21.6. The average Bonchev–Trinajstić information content (AvgIpc) is 2.65. The molecule has 0 aliphatic rings. The molecule has 0 spiro atoms. The monoisotopic (exact) mass is 506 g/mol. The predicted molar refractivity (Wildman–Crippen MR) is 118 cm³/mol. The summed E-state index contributed by atoms with van der Waals surface area (Å²) in [6, 6.07) is 6.86. The molecule has 0 saturated heterocycles. The van der Waals surface area contributed by atoms with Crippen molar-refractivity contribution in [2.75, 3.05) is 17.2 Å². The van der Waals surface area contributed by atoms with Gasteiger partial charge in [0.25, 0.3) is 20.2 Å². The van der Waals surface area contributed by atoms with E-state index in [9.17, 15) is 35.5 Å². The molecule has 0 saturated carbocycles. The van der Waals surface area contributed by atoms with Crippen molar-refractivity contribution in [2.45, 2.75) is 23.6 Å². The summed E-state index contributed by atoms with van der Waals surface area (Å²) in [4.78, 5) is 21.8. The number of nitrogens with one attached hydrogen (secondary N) is 3. The van der Waals surface area contributed by atoms with E-state index in [1.165, 1.54) is 43.3 Å². The number of urea groups is 1. The Morgan fingerprint density at radius 1 is 0.848 bits per heavy atom. The van der Waals surface area contributed by atoms with Crippen LogP contribution in [0.25, 0.3) is 12.2 Å². The van der Waals surface area contributed by atoms with Crippen molar-refractivity contribution >= 4 is 55.7 Å². The molecule has 0 unspecified atom stereocenters. The van der Waals surface area contributed by atoms with Crippen molar-refractivity contribution in [3.05, 3.63) is 47.5 Å². The van der Waals surface area contributed by atoms with Gasteiger partial charge in [0, 0.05) is 24.8 Å². The molecule has 0 aliphatic carbocycles. The van der Waals surface area contributed by atoms with Crippen molar-refractivity contribution in [1.29, 1.82) is 0 Å². The van der Waals surface area contributed by atoms with Crippen LogP contribution in [0.1, 0.15) is 25.0 Å². The second-order valence-electron chi connectivity index (χ2n) is 6.45. The van der Waals surface area contributed by atoms with E-state index in [-0.39, 0.29) is 52.1 Å². The Bertz CT molecular complexity index is 1290. The fraction of sp³-hybridized carbons (Fsp3) is 0.158. The first kappa shape index (κ1) is 28.8. The van der Waals surface area contributed by atoms with Crippen LogP contribution in [0.5, 0.6) is 0 Å². The van der Waals surface area contributed by atoms with E-state index < -0.39 is 42.0 Å². The summed E-state index contributed by atoms with van der Waals surface area (Å²) in [6.07, 6.45) is 2.42. The zero-order valence-electron chi connectivity index (χ0n) is 18.0. The minimum Gasteiger partial charge on any atom is -0.338 e. The fourth-order valence-electron chi connectivity index (χ4n) is 2.67. The number of hydrogen-bond donors (Lipinski definition) is 5. The zero-order chi connectivity index (χ0) is 24.1. The van der Waals surface area contributed by atoms with Crippen LogP contribution in [0, 0.1) is 0 Å². The Hall–Kier alpha value is -2.26. The quantitative estimate of drug-likeness (QED) is 0.189. The number of carbonyl (C=O) groups is 2. The van der Waals surface area contributed by atoms with Crippen molar-refractivity contribution in [2.24, 2.45) is 0 Å². The topological polar surface area (TPSA) is 179 Å². The molecule has 0 aliphatic heterocycles. The maximum atomic E-state index is 11.8. The summed E-state index contributed by atoms with van der Waals surface area (Å²) in [7, 11) is -9.39. The fourth-order valence-corrected chi connectivity index (χ4v) is 4.08. The Balaban J connectivity index is 0.00000544. The van der Waals surface area contributed by atoms with E-state index in [1.807, 2.05) is 0 Å². The first-order valence-corrected chi connectivity index (χ1v) is 11.9. The summed E-state index contributed by atoms with van der Waals surface area (Å²) in [5.41, 5.74) is 0.203. The molecule has 0 fully saturated rings. The van der Waals surface area contributed by atoms with Gasteiger partial charge in [0.15, 0.2) is 0 Å². The Kier molecular flexibility index (Phi) is 10.2. The Morgan fingerprint density at radius 3 is 1.64 bits per heavy atom. The molecular formula is C19H21N3NaO8S2+. The number of amides is 3. The van der Waals surface area contributed by atoms with Gasteiger partial charge in [0.1, 0.15) is 9.79 Å². The average molecular weight is 507 g/mol. The normalized spacial score (nSPS) is 11.5. The van der Waals surface area contributed by atoms with Gasteiger partial charge in [0.2, 0.25) is 5.91 Å². The number of rotatable bonds is 7. The maximum Gasteiger partial charge on any atom is 1.00 e. The number of anilines is 2. The third-order valence-corrected chi connectivity index (χ3v) is 5.76. The van der Waals surface area contributed by atoms with Crippen LogP contribution < -0.4 is 45.5 Å². The second kappa shape index (κ2) is 11.7. The molecule has 0 radical (unpaired) electrons. The van der Waals surface area contributed by atoms with Crippen LogP contribution in [-0.2, 0) is 25.0 Å². The third-order valence-electron chi connectivity index (χ3n) is 3.94. The first-order chi connectivity index (χ1) is 14.8. The Morgan fingerprint density at radius 2 is 1.27 bits per heavy atom. The molecule has 2 rings (SSSR count). The van der Waals surface area contributed by atoms with Crippen LogP contribution in [-0.4, -0.2) is 44.4 Å². The smallest absolute Gasteiger partial charge is 0.338 e. The molecule has 2 aromatic carbocycles. The van der Waals surface area contributed by atoms with Crippen molar-refractivity contribution < 1.29 is 65.1 Å². The summed E-state index contributed by atoms with van der Waals surface area (Å²) in [5, 5.41) is 7.27. The van der Waals surface area contributed by atoms with E-state index in [0.717, 1.165) is 12.1 Å². The van der Waals surface area contributed by atoms with Gasteiger partial charge < -0.3 is 16.0 Å². The van der Waals surface area contributed by atoms with E-state index in [4.69, 9.17) is 0 Å². The molecular weight excluding hydrogens is 485 g/mol. The van der Waals surface area contributed by atoms with Crippen LogP contribution in [0.2, 0.25) is 0 Å². The van der Waals surface area contributed by atoms with Crippen LogP contribution in [0.3, 0.4) is 0 Å². The van der Waals surface area contributed by atoms with E-state index >= 15 is 0 Å². The van der Waals surface area contributed by atoms with Gasteiger partial charge in [0.05, 0.1) is 0 Å². The van der Waals surface area contributed by atoms with E-state index in [2.05, 4.69) is 16.0 Å². The molecule has 172 valence electrons. The molecule has 14 heteroatoms. The molecule has 0 heterocycles. The minimum absolute atomic E-state index is 0. The van der Waals surface area contributed by atoms with Crippen LogP contribution in [0.4, 0.5) is 16.2 Å². The van der Waals surface area contributed by atoms with Gasteiger partial charge in [-0.15, -0.1) is 0 Å². The molecule has 0 aromatic heterocycles. The second-order valence-corrected chi connectivity index (χ2v) is 9.23. The number of benzene rings is 2. The largest absolute Gasteiger partial charge is 1.00 e. The van der Waals surface area contributed by atoms with Crippen LogP contribution in [0.15, 0.2) is 46.2 Å². The summed E-state index contributed by atoms with van der Waals surface area (Å²) in [6.45, 7) is 3.26. The van der Waals surface area contributed by atoms with Crippen molar-refractivity contribution in [3.8, 4) is 0 Å². The number of hydrogen-bond acceptors (Lipinski definition) is 6. The van der Waals surface area contributed by atoms with Crippen molar-refractivity contribution in [1.82, 2.24) is 5.32 Å². The summed E-state index contributed by atoms with van der Waals surface area (Å²) < 4.78 is 66.2. The maximum absolute atomic E-state index is 11.8. The standard InChI is InChI=1S/C19H21N3O8S2.Na/c1-3-20-19(24)22-16-9-7-14(18(11-16)32(28,29)30)5-4-13-6-8-15(21-12(2)23)10-17(13)31(25,26)27;/h4-11H,3H2,1-2H3,(H,21,23)(H2,20,22,24)(H,25,26,27)(H,28,29,30);/q;+1/b5-4+;. The molecule has 0 atom stereocenters. The van der Waals surface area contributed by atoms with E-state index in [0.29, 0.717) is 6.54 Å². The van der Waals surface area contributed by atoms with Gasteiger partial charge in [-0.25, -0.2) is 4.79 Å². The predicted octanol–water partition coefficient (Wildman–Crippen LogP) is -0.546. The van der Waals surface area contributed by atoms with Gasteiger partial charge in [-0.1, -0.05) is 24.3 Å². The third kappa shape index (κ3) is 8.55. The van der Waals surface area contributed by atoms with Crippen LogP contribution >= 0.6 is 0 Å². The summed E-state index contributed by atoms with van der Waals surface area (Å²) in [5.74, 6) is -0.450. The van der Waals surface area contributed by atoms with Crippen molar-refractivity contribution in [3.63, 3.8) is 0 Å². The van der Waals surface area contributed by atoms with Gasteiger partial charge >= 0.3 is 35.6 Å². The van der Waals surface area contributed by atoms with Gasteiger partial charge in [-0.2, -0.15) is 16.8 Å². The molecule has 33 heavy (non-hydrogen) atoms. The summed E-state index contributed by atoms with van der Waals surface area (Å²) >= 11 is 0. The number of carbonyl (C=O) groups excluding carboxylic acids is 2. The Labute approximate surface area is 213 Å². The molecule has 3 amide bonds. The molecule has 11 nitrogen and oxygen atoms in total. The minimum atomic E-state index is -4.71. The van der Waals surface area contributed by atoms with E-state index in [1.54, 1.807) is 6.92 Å². The molecule has 5 N–H and O–H groups in total. The first-order valence-electron chi connectivity index (χ1n) is 9.05. The molecule has 0 bridgehead atoms. The van der Waals surface area contributed by atoms with Gasteiger partial charge in [-0.05, 0) is 42.3 Å². The van der Waals surface area contributed by atoms with Gasteiger partial charge in [-0.3, -0.25) is 13.9 Å². The molecule has 2 aromatic rings.